The normalized spacial score (nSPS) is 12.8. The van der Waals surface area contributed by atoms with Gasteiger partial charge in [-0.3, -0.25) is 0 Å². The highest BCUT2D eigenvalue weighted by atomic mass is 19.2. The van der Waals surface area contributed by atoms with Gasteiger partial charge in [0.1, 0.15) is 5.69 Å². The van der Waals surface area contributed by atoms with Crippen molar-refractivity contribution >= 4 is 49.4 Å². The summed E-state index contributed by atoms with van der Waals surface area (Å²) in [7, 11) is 0. The third-order valence-electron chi connectivity index (χ3n) is 12.8. The van der Waals surface area contributed by atoms with E-state index in [2.05, 4.69) is 123 Å². The van der Waals surface area contributed by atoms with Crippen LogP contribution in [-0.4, -0.2) is 0 Å². The molecule has 11 rings (SSSR count). The maximum absolute atomic E-state index is 15.9. The number of anilines is 3. The molecule has 10 aromatic carbocycles. The van der Waals surface area contributed by atoms with E-state index < -0.39 is 40.2 Å². The molecule has 0 heterocycles. The number of rotatable bonds is 6. The standard InChI is InChI=1S/C57H36F5N/c1-57(2)47-31-36(49-43-21-8-10-23-45(43)50(46-24-11-9-22-44(46)49)42-25-13-17-34-16-6-7-20-39(34)42)26-28-40(47)41-29-27-38(32-48(41)57)63(56-54(61)52(59)51(58)53(60)55(56)62)37-19-12-18-35(30-37)33-14-4-3-5-15-33/h3-32H,1-2H3. The van der Waals surface area contributed by atoms with Gasteiger partial charge in [0.15, 0.2) is 23.3 Å². The zero-order chi connectivity index (χ0) is 43.1. The highest BCUT2D eigenvalue weighted by Gasteiger charge is 2.38. The van der Waals surface area contributed by atoms with E-state index in [0.29, 0.717) is 5.56 Å². The van der Waals surface area contributed by atoms with Crippen LogP contribution < -0.4 is 4.90 Å². The fraction of sp³-hybridized carbons (Fsp3) is 0.0526. The van der Waals surface area contributed by atoms with Crippen molar-refractivity contribution in [3.63, 3.8) is 0 Å². The van der Waals surface area contributed by atoms with Gasteiger partial charge in [-0.2, -0.15) is 0 Å². The van der Waals surface area contributed by atoms with Gasteiger partial charge in [0.05, 0.1) is 0 Å². The van der Waals surface area contributed by atoms with Crippen LogP contribution in [0.5, 0.6) is 0 Å². The molecule has 304 valence electrons. The Morgan fingerprint density at radius 3 is 1.51 bits per heavy atom. The van der Waals surface area contributed by atoms with Crippen LogP contribution in [0.4, 0.5) is 39.0 Å². The van der Waals surface area contributed by atoms with E-state index >= 15 is 17.6 Å². The highest BCUT2D eigenvalue weighted by Crippen LogP contribution is 2.53. The molecule has 6 heteroatoms. The molecule has 10 aromatic rings. The van der Waals surface area contributed by atoms with Crippen LogP contribution in [0.2, 0.25) is 0 Å². The Morgan fingerprint density at radius 1 is 0.349 bits per heavy atom. The van der Waals surface area contributed by atoms with E-state index in [0.717, 1.165) is 65.4 Å². The van der Waals surface area contributed by atoms with Gasteiger partial charge >= 0.3 is 0 Å². The predicted molar refractivity (Wildman–Crippen MR) is 247 cm³/mol. The van der Waals surface area contributed by atoms with E-state index in [1.54, 1.807) is 24.3 Å². The molecule has 0 bridgehead atoms. The minimum Gasteiger partial charge on any atom is -0.305 e. The summed E-state index contributed by atoms with van der Waals surface area (Å²) in [6.07, 6.45) is 0. The Morgan fingerprint density at radius 2 is 0.841 bits per heavy atom. The molecule has 0 atom stereocenters. The maximum Gasteiger partial charge on any atom is 0.200 e. The van der Waals surface area contributed by atoms with Crippen LogP contribution in [0.15, 0.2) is 182 Å². The fourth-order valence-electron chi connectivity index (χ4n) is 9.85. The molecule has 63 heavy (non-hydrogen) atoms. The smallest absolute Gasteiger partial charge is 0.200 e. The van der Waals surface area contributed by atoms with Gasteiger partial charge in [0.2, 0.25) is 5.82 Å². The quantitative estimate of drug-likeness (QED) is 0.0698. The lowest BCUT2D eigenvalue weighted by atomic mass is 9.80. The molecule has 0 spiro atoms. The van der Waals surface area contributed by atoms with E-state index in [1.807, 2.05) is 48.5 Å². The number of hydrogen-bond acceptors (Lipinski definition) is 1. The van der Waals surface area contributed by atoms with Crippen molar-refractivity contribution in [2.45, 2.75) is 19.3 Å². The zero-order valence-electron chi connectivity index (χ0n) is 34.2. The van der Waals surface area contributed by atoms with Gasteiger partial charge in [-0.15, -0.1) is 0 Å². The summed E-state index contributed by atoms with van der Waals surface area (Å²) in [4.78, 5) is 1.13. The minimum atomic E-state index is -2.21. The summed E-state index contributed by atoms with van der Waals surface area (Å²) in [5.74, 6) is -10.1. The van der Waals surface area contributed by atoms with Gasteiger partial charge in [-0.1, -0.05) is 166 Å². The number of benzene rings is 10. The van der Waals surface area contributed by atoms with Crippen molar-refractivity contribution in [2.75, 3.05) is 4.90 Å². The van der Waals surface area contributed by atoms with Crippen LogP contribution in [0.3, 0.4) is 0 Å². The van der Waals surface area contributed by atoms with Crippen molar-refractivity contribution in [3.05, 3.63) is 222 Å². The molecule has 0 fully saturated rings. The molecule has 0 amide bonds. The summed E-state index contributed by atoms with van der Waals surface area (Å²) in [6.45, 7) is 4.20. The highest BCUT2D eigenvalue weighted by molar-refractivity contribution is 6.23. The average molecular weight is 830 g/mol. The lowest BCUT2D eigenvalue weighted by Gasteiger charge is -2.29. The van der Waals surface area contributed by atoms with Crippen LogP contribution in [0.25, 0.3) is 76.8 Å². The lowest BCUT2D eigenvalue weighted by Crippen LogP contribution is -2.19. The molecule has 1 nitrogen and oxygen atoms in total. The molecule has 0 saturated heterocycles. The van der Waals surface area contributed by atoms with Gasteiger partial charge in [-0.05, 0) is 118 Å². The Hall–Kier alpha value is -7.57. The molecule has 0 saturated carbocycles. The Balaban J connectivity index is 1.08. The Bertz CT molecular complexity index is 3410. The van der Waals surface area contributed by atoms with Crippen LogP contribution in [-0.2, 0) is 5.41 Å². The third kappa shape index (κ3) is 5.89. The predicted octanol–water partition coefficient (Wildman–Crippen LogP) is 16.6. The van der Waals surface area contributed by atoms with Crippen LogP contribution >= 0.6 is 0 Å². The van der Waals surface area contributed by atoms with Gasteiger partial charge in [0, 0.05) is 16.8 Å². The largest absolute Gasteiger partial charge is 0.305 e. The second-order valence-corrected chi connectivity index (χ2v) is 16.7. The Labute approximate surface area is 360 Å². The molecule has 0 N–H and O–H groups in total. The first kappa shape index (κ1) is 38.4. The molecule has 0 aliphatic heterocycles. The number of hydrogen-bond donors (Lipinski definition) is 0. The van der Waals surface area contributed by atoms with Gasteiger partial charge in [-0.25, -0.2) is 22.0 Å². The Kier molecular flexibility index (Phi) is 8.84. The maximum atomic E-state index is 15.9. The van der Waals surface area contributed by atoms with E-state index in [4.69, 9.17) is 0 Å². The average Bonchev–Trinajstić information content (AvgIpc) is 3.55. The van der Waals surface area contributed by atoms with Crippen molar-refractivity contribution in [2.24, 2.45) is 0 Å². The molecular formula is C57H36F5N. The SMILES string of the molecule is CC1(C)c2cc(-c3c4ccccc4c(-c4cccc5ccccc45)c4ccccc34)ccc2-c2ccc(N(c3cccc(-c4ccccc4)c3)c3c(F)c(F)c(F)c(F)c3F)cc21. The molecular weight excluding hydrogens is 794 g/mol. The molecule has 1 aliphatic carbocycles. The first-order valence-electron chi connectivity index (χ1n) is 20.8. The summed E-state index contributed by atoms with van der Waals surface area (Å²) >= 11 is 0. The van der Waals surface area contributed by atoms with Gasteiger partial charge in [0.25, 0.3) is 0 Å². The molecule has 0 unspecified atom stereocenters. The summed E-state index contributed by atoms with van der Waals surface area (Å²) < 4.78 is 76.4. The second-order valence-electron chi connectivity index (χ2n) is 16.7. The number of fused-ring (bicyclic) bond motifs is 6. The fourth-order valence-corrected chi connectivity index (χ4v) is 9.85. The van der Waals surface area contributed by atoms with Crippen molar-refractivity contribution < 1.29 is 22.0 Å². The second kappa shape index (κ2) is 14.5. The third-order valence-corrected chi connectivity index (χ3v) is 12.8. The van der Waals surface area contributed by atoms with Crippen molar-refractivity contribution in [1.29, 1.82) is 0 Å². The number of nitrogens with zero attached hydrogens (tertiary/aromatic N) is 1. The van der Waals surface area contributed by atoms with E-state index in [-0.39, 0.29) is 11.4 Å². The molecule has 0 aromatic heterocycles. The first-order valence-corrected chi connectivity index (χ1v) is 20.8. The monoisotopic (exact) mass is 829 g/mol. The summed E-state index contributed by atoms with van der Waals surface area (Å²) in [5, 5.41) is 6.87. The van der Waals surface area contributed by atoms with E-state index in [1.165, 1.54) is 21.9 Å². The molecule has 1 aliphatic rings. The summed E-state index contributed by atoms with van der Waals surface area (Å²) in [6, 6.07) is 60.1. The van der Waals surface area contributed by atoms with Gasteiger partial charge < -0.3 is 4.90 Å². The van der Waals surface area contributed by atoms with Crippen LogP contribution in [0.1, 0.15) is 25.0 Å². The minimum absolute atomic E-state index is 0.223. The van der Waals surface area contributed by atoms with Crippen LogP contribution in [0, 0.1) is 29.1 Å². The lowest BCUT2D eigenvalue weighted by molar-refractivity contribution is 0.380. The van der Waals surface area contributed by atoms with E-state index in [9.17, 15) is 4.39 Å². The van der Waals surface area contributed by atoms with Crippen molar-refractivity contribution in [1.82, 2.24) is 0 Å². The number of halogens is 5. The summed E-state index contributed by atoms with van der Waals surface area (Å²) in [5.41, 5.74) is 8.59. The first-order chi connectivity index (χ1) is 30.6. The zero-order valence-corrected chi connectivity index (χ0v) is 34.2. The molecule has 0 radical (unpaired) electrons. The topological polar surface area (TPSA) is 3.24 Å². The van der Waals surface area contributed by atoms with Crippen molar-refractivity contribution in [3.8, 4) is 44.5 Å².